The van der Waals surface area contributed by atoms with Crippen LogP contribution in [0.2, 0.25) is 0 Å². The van der Waals surface area contributed by atoms with Crippen molar-refractivity contribution in [1.82, 2.24) is 0 Å². The molecule has 3 atom stereocenters. The highest BCUT2D eigenvalue weighted by Crippen LogP contribution is 2.50. The van der Waals surface area contributed by atoms with Crippen LogP contribution in [0.4, 0.5) is 10.1 Å². The van der Waals surface area contributed by atoms with Gasteiger partial charge in [0, 0.05) is 40.1 Å². The van der Waals surface area contributed by atoms with Crippen molar-refractivity contribution in [2.45, 2.75) is 38.5 Å². The molecule has 0 radical (unpaired) electrons. The number of rotatable bonds is 7. The number of anilines is 1. The molecule has 1 aliphatic heterocycles. The second-order valence-electron chi connectivity index (χ2n) is 9.24. The zero-order valence-corrected chi connectivity index (χ0v) is 22.0. The van der Waals surface area contributed by atoms with E-state index in [9.17, 15) is 18.8 Å². The number of allylic oxidation sites excluding steroid dienone is 2. The second-order valence-corrected chi connectivity index (χ2v) is 10.2. The zero-order chi connectivity index (χ0) is 26.8. The SMILES string of the molecule is CCOC(=O)[C@H]1C(=O)C2=C(C[C@H]1c1cccs1)N(c1ccc(F)cc1)C(=O)C[C@H]2c1ccc(OCC)cc1. The number of hydrogen-bond acceptors (Lipinski definition) is 6. The van der Waals surface area contributed by atoms with Crippen LogP contribution in [0.1, 0.15) is 49.0 Å². The number of benzene rings is 2. The summed E-state index contributed by atoms with van der Waals surface area (Å²) in [6.07, 6.45) is 0.330. The molecule has 38 heavy (non-hydrogen) atoms. The number of esters is 1. The van der Waals surface area contributed by atoms with Crippen LogP contribution in [0.5, 0.6) is 5.75 Å². The summed E-state index contributed by atoms with van der Waals surface area (Å²) in [7, 11) is 0. The van der Waals surface area contributed by atoms with Crippen molar-refractivity contribution in [1.29, 1.82) is 0 Å². The van der Waals surface area contributed by atoms with Gasteiger partial charge in [0.05, 0.1) is 13.2 Å². The highest BCUT2D eigenvalue weighted by atomic mass is 32.1. The average Bonchev–Trinajstić information content (AvgIpc) is 3.45. The molecule has 0 bridgehead atoms. The summed E-state index contributed by atoms with van der Waals surface area (Å²) in [5, 5.41) is 1.90. The van der Waals surface area contributed by atoms with Crippen LogP contribution in [0, 0.1) is 11.7 Å². The van der Waals surface area contributed by atoms with Gasteiger partial charge in [-0.3, -0.25) is 19.3 Å². The van der Waals surface area contributed by atoms with Crippen LogP contribution in [0.3, 0.4) is 0 Å². The minimum Gasteiger partial charge on any atom is -0.494 e. The summed E-state index contributed by atoms with van der Waals surface area (Å²) in [6.45, 7) is 4.30. The predicted molar refractivity (Wildman–Crippen MR) is 143 cm³/mol. The fraction of sp³-hybridized carbons (Fsp3) is 0.300. The number of nitrogens with zero attached hydrogens (tertiary/aromatic N) is 1. The first-order valence-corrected chi connectivity index (χ1v) is 13.6. The first kappa shape index (κ1) is 25.9. The van der Waals surface area contributed by atoms with Gasteiger partial charge in [-0.2, -0.15) is 0 Å². The smallest absolute Gasteiger partial charge is 0.317 e. The van der Waals surface area contributed by atoms with Gasteiger partial charge in [0.15, 0.2) is 5.78 Å². The van der Waals surface area contributed by atoms with E-state index < -0.39 is 29.5 Å². The maximum atomic E-state index is 14.3. The van der Waals surface area contributed by atoms with Crippen molar-refractivity contribution >= 4 is 34.7 Å². The molecule has 5 rings (SSSR count). The van der Waals surface area contributed by atoms with E-state index in [0.29, 0.717) is 35.7 Å². The van der Waals surface area contributed by atoms with Crippen LogP contribution in [-0.2, 0) is 19.1 Å². The van der Waals surface area contributed by atoms with Crippen molar-refractivity contribution < 1.29 is 28.2 Å². The van der Waals surface area contributed by atoms with E-state index in [1.807, 2.05) is 48.7 Å². The first-order chi connectivity index (χ1) is 18.4. The van der Waals surface area contributed by atoms with Gasteiger partial charge in [-0.15, -0.1) is 11.3 Å². The predicted octanol–water partition coefficient (Wildman–Crippen LogP) is 6.00. The van der Waals surface area contributed by atoms with E-state index in [0.717, 1.165) is 10.4 Å². The summed E-state index contributed by atoms with van der Waals surface area (Å²) in [5.74, 6) is -2.83. The Morgan fingerprint density at radius 2 is 1.74 bits per heavy atom. The highest BCUT2D eigenvalue weighted by molar-refractivity contribution is 7.10. The van der Waals surface area contributed by atoms with Gasteiger partial charge in [-0.1, -0.05) is 18.2 Å². The van der Waals surface area contributed by atoms with Crippen LogP contribution in [-0.4, -0.2) is 30.9 Å². The topological polar surface area (TPSA) is 72.9 Å². The third-order valence-corrected chi connectivity index (χ3v) is 8.05. The molecule has 8 heteroatoms. The molecule has 196 valence electrons. The molecule has 0 unspecified atom stereocenters. The summed E-state index contributed by atoms with van der Waals surface area (Å²) >= 11 is 1.46. The van der Waals surface area contributed by atoms with Gasteiger partial charge in [-0.25, -0.2) is 4.39 Å². The molecule has 3 aromatic rings. The molecule has 1 aromatic heterocycles. The molecule has 0 spiro atoms. The Kier molecular flexibility index (Phi) is 7.42. The van der Waals surface area contributed by atoms with Gasteiger partial charge >= 0.3 is 5.97 Å². The Labute approximate surface area is 224 Å². The van der Waals surface area contributed by atoms with Crippen LogP contribution in [0.15, 0.2) is 77.3 Å². The molecular formula is C30H28FNO5S. The van der Waals surface area contributed by atoms with Crippen molar-refractivity contribution in [3.63, 3.8) is 0 Å². The number of amides is 1. The van der Waals surface area contributed by atoms with Crippen LogP contribution < -0.4 is 9.64 Å². The average molecular weight is 534 g/mol. The lowest BCUT2D eigenvalue weighted by molar-refractivity contribution is -0.152. The molecule has 2 aromatic carbocycles. The number of carbonyl (C=O) groups is 3. The molecule has 0 saturated heterocycles. The summed E-state index contributed by atoms with van der Waals surface area (Å²) in [6, 6.07) is 16.8. The van der Waals surface area contributed by atoms with E-state index in [2.05, 4.69) is 0 Å². The molecule has 0 saturated carbocycles. The van der Waals surface area contributed by atoms with Crippen molar-refractivity contribution in [3.8, 4) is 5.75 Å². The third-order valence-electron chi connectivity index (χ3n) is 7.05. The van der Waals surface area contributed by atoms with Gasteiger partial charge in [-0.05, 0) is 73.7 Å². The molecule has 2 aliphatic rings. The lowest BCUT2D eigenvalue weighted by Gasteiger charge is -2.42. The Bertz CT molecular complexity index is 1360. The highest BCUT2D eigenvalue weighted by Gasteiger charge is 2.50. The molecule has 0 fully saturated rings. The van der Waals surface area contributed by atoms with Crippen LogP contribution in [0.25, 0.3) is 0 Å². The molecule has 0 N–H and O–H groups in total. The fourth-order valence-corrected chi connectivity index (χ4v) is 6.31. The standard InChI is InChI=1S/C30H28FNO5S/c1-3-36-21-13-7-18(8-14-21)22-17-26(33)32(20-11-9-19(31)10-12-20)24-16-23(25-6-5-15-38-25)28(29(34)27(22)24)30(35)37-4-2/h5-15,22-23,28H,3-4,16-17H2,1-2H3/t22-,23-,28+/m0/s1. The van der Waals surface area contributed by atoms with E-state index in [-0.39, 0.29) is 24.7 Å². The number of thiophene rings is 1. The van der Waals surface area contributed by atoms with E-state index >= 15 is 0 Å². The summed E-state index contributed by atoms with van der Waals surface area (Å²) in [5.41, 5.74) is 2.26. The Balaban J connectivity index is 1.68. The Morgan fingerprint density at radius 1 is 1.00 bits per heavy atom. The minimum atomic E-state index is -1.01. The van der Waals surface area contributed by atoms with E-state index in [1.165, 1.54) is 40.5 Å². The number of Topliss-reactive ketones (excluding diaryl/α,β-unsaturated/α-hetero) is 1. The third kappa shape index (κ3) is 4.76. The van der Waals surface area contributed by atoms with Gasteiger partial charge < -0.3 is 9.47 Å². The first-order valence-electron chi connectivity index (χ1n) is 12.7. The quantitative estimate of drug-likeness (QED) is 0.275. The lowest BCUT2D eigenvalue weighted by atomic mass is 9.69. The molecular weight excluding hydrogens is 505 g/mol. The number of carbonyl (C=O) groups excluding carboxylic acids is 3. The second kappa shape index (κ2) is 10.9. The molecule has 6 nitrogen and oxygen atoms in total. The van der Waals surface area contributed by atoms with Gasteiger partial charge in [0.25, 0.3) is 0 Å². The normalized spacial score (nSPS) is 21.3. The molecule has 1 amide bonds. The Morgan fingerprint density at radius 3 is 2.37 bits per heavy atom. The largest absolute Gasteiger partial charge is 0.494 e. The van der Waals surface area contributed by atoms with Gasteiger partial charge in [0.2, 0.25) is 5.91 Å². The zero-order valence-electron chi connectivity index (χ0n) is 21.2. The molecule has 2 heterocycles. The molecule has 1 aliphatic carbocycles. The maximum absolute atomic E-state index is 14.3. The maximum Gasteiger partial charge on any atom is 0.317 e. The number of halogens is 1. The number of ketones is 1. The summed E-state index contributed by atoms with van der Waals surface area (Å²) in [4.78, 5) is 43.6. The number of ether oxygens (including phenoxy) is 2. The van der Waals surface area contributed by atoms with Crippen molar-refractivity contribution in [3.05, 3.63) is 93.6 Å². The van der Waals surface area contributed by atoms with E-state index in [4.69, 9.17) is 9.47 Å². The Hall–Kier alpha value is -3.78. The number of hydrogen-bond donors (Lipinski definition) is 0. The van der Waals surface area contributed by atoms with Crippen LogP contribution >= 0.6 is 11.3 Å². The lowest BCUT2D eigenvalue weighted by Crippen LogP contribution is -2.46. The van der Waals surface area contributed by atoms with Crippen molar-refractivity contribution in [2.24, 2.45) is 5.92 Å². The minimum absolute atomic E-state index is 0.0369. The fourth-order valence-electron chi connectivity index (χ4n) is 5.44. The summed E-state index contributed by atoms with van der Waals surface area (Å²) < 4.78 is 24.7. The van der Waals surface area contributed by atoms with Gasteiger partial charge in [0.1, 0.15) is 17.5 Å². The van der Waals surface area contributed by atoms with Crippen molar-refractivity contribution in [2.75, 3.05) is 18.1 Å². The van der Waals surface area contributed by atoms with E-state index in [1.54, 1.807) is 6.92 Å². The monoisotopic (exact) mass is 533 g/mol.